The first-order valence-corrected chi connectivity index (χ1v) is 9.40. The van der Waals surface area contributed by atoms with Crippen LogP contribution < -0.4 is 15.0 Å². The summed E-state index contributed by atoms with van der Waals surface area (Å²) in [5.74, 6) is 0.199. The fourth-order valence-corrected chi connectivity index (χ4v) is 3.90. The predicted octanol–water partition coefficient (Wildman–Crippen LogP) is 3.67. The quantitative estimate of drug-likeness (QED) is 0.705. The third-order valence-corrected chi connectivity index (χ3v) is 5.30. The molecule has 2 N–H and O–H groups in total. The van der Waals surface area contributed by atoms with Crippen molar-refractivity contribution in [1.29, 1.82) is 0 Å². The molecule has 6 nitrogen and oxygen atoms in total. The number of benzene rings is 2. The normalized spacial score (nSPS) is 16.6. The molecule has 1 atom stereocenters. The number of carbonyl (C=O) groups excluding carboxylic acids is 2. The number of hydrogen-bond donors (Lipinski definition) is 2. The van der Waals surface area contributed by atoms with E-state index < -0.39 is 6.04 Å². The number of methoxy groups -OCH3 is 1. The lowest BCUT2D eigenvalue weighted by atomic mass is 10.1. The zero-order chi connectivity index (χ0) is 19.8. The Hall–Kier alpha value is -2.99. The zero-order valence-corrected chi connectivity index (χ0v) is 16.3. The van der Waals surface area contributed by atoms with Gasteiger partial charge in [-0.1, -0.05) is 23.7 Å². The number of aromatic nitrogens is 1. The summed E-state index contributed by atoms with van der Waals surface area (Å²) in [6.07, 6.45) is 0.533. The van der Waals surface area contributed by atoms with Crippen molar-refractivity contribution in [2.75, 3.05) is 18.6 Å². The molecule has 0 spiro atoms. The van der Waals surface area contributed by atoms with Crippen LogP contribution >= 0.6 is 11.6 Å². The summed E-state index contributed by atoms with van der Waals surface area (Å²) < 4.78 is 5.36. The Balaban J connectivity index is 1.57. The SMILES string of the molecule is COc1ccccc1N1CCC(NC(=O)c2c(C)[nH]c3ccc(Cl)cc23)C1=O. The average molecular weight is 398 g/mol. The first-order chi connectivity index (χ1) is 13.5. The topological polar surface area (TPSA) is 74.4 Å². The van der Waals surface area contributed by atoms with Gasteiger partial charge in [0.05, 0.1) is 18.4 Å². The number of aromatic amines is 1. The fourth-order valence-electron chi connectivity index (χ4n) is 3.73. The maximum absolute atomic E-state index is 13.0. The number of rotatable bonds is 4. The molecular weight excluding hydrogens is 378 g/mol. The number of nitrogens with one attached hydrogen (secondary N) is 2. The van der Waals surface area contributed by atoms with Crippen molar-refractivity contribution in [3.63, 3.8) is 0 Å². The largest absolute Gasteiger partial charge is 0.495 e. The molecule has 7 heteroatoms. The van der Waals surface area contributed by atoms with Crippen molar-refractivity contribution in [1.82, 2.24) is 10.3 Å². The number of anilines is 1. The predicted molar refractivity (Wildman–Crippen MR) is 109 cm³/mol. The molecule has 1 fully saturated rings. The number of H-pyrrole nitrogens is 1. The van der Waals surface area contributed by atoms with Crippen molar-refractivity contribution in [3.8, 4) is 5.75 Å². The molecule has 1 aliphatic rings. The molecule has 1 saturated heterocycles. The van der Waals surface area contributed by atoms with Crippen LogP contribution in [0, 0.1) is 6.92 Å². The summed E-state index contributed by atoms with van der Waals surface area (Å²) in [5, 5.41) is 4.19. The van der Waals surface area contributed by atoms with Crippen molar-refractivity contribution >= 4 is 40.0 Å². The van der Waals surface area contributed by atoms with Gasteiger partial charge in [0.15, 0.2) is 0 Å². The number of ether oxygens (including phenoxy) is 1. The highest BCUT2D eigenvalue weighted by atomic mass is 35.5. The van der Waals surface area contributed by atoms with Crippen LogP contribution in [0.3, 0.4) is 0 Å². The summed E-state index contributed by atoms with van der Waals surface area (Å²) in [6, 6.07) is 12.1. The minimum atomic E-state index is -0.582. The first kappa shape index (κ1) is 18.4. The second kappa shape index (κ2) is 7.20. The molecule has 28 heavy (non-hydrogen) atoms. The van der Waals surface area contributed by atoms with Gasteiger partial charge in [0.2, 0.25) is 5.91 Å². The summed E-state index contributed by atoms with van der Waals surface area (Å²) in [5.41, 5.74) is 2.80. The van der Waals surface area contributed by atoms with Crippen LogP contribution in [0.5, 0.6) is 5.75 Å². The monoisotopic (exact) mass is 397 g/mol. The van der Waals surface area contributed by atoms with Gasteiger partial charge < -0.3 is 19.9 Å². The standard InChI is InChI=1S/C21H20ClN3O3/c1-12-19(14-11-13(22)7-8-15(14)23-12)20(26)24-16-9-10-25(21(16)27)17-5-3-4-6-18(17)28-2/h3-8,11,16,23H,9-10H2,1-2H3,(H,24,26). The van der Waals surface area contributed by atoms with Gasteiger partial charge in [-0.3, -0.25) is 9.59 Å². The molecule has 1 unspecified atom stereocenters. The van der Waals surface area contributed by atoms with E-state index in [1.807, 2.05) is 37.3 Å². The van der Waals surface area contributed by atoms with Crippen LogP contribution in [0.2, 0.25) is 5.02 Å². The molecule has 144 valence electrons. The number of para-hydroxylation sites is 2. The van der Waals surface area contributed by atoms with E-state index in [1.165, 1.54) is 0 Å². The van der Waals surface area contributed by atoms with E-state index in [4.69, 9.17) is 16.3 Å². The molecule has 4 rings (SSSR count). The second-order valence-corrected chi connectivity index (χ2v) is 7.23. The molecule has 2 aromatic carbocycles. The second-order valence-electron chi connectivity index (χ2n) is 6.79. The third kappa shape index (κ3) is 3.10. The van der Waals surface area contributed by atoms with E-state index in [0.717, 1.165) is 16.6 Å². The summed E-state index contributed by atoms with van der Waals surface area (Å²) in [4.78, 5) is 30.7. The van der Waals surface area contributed by atoms with E-state index in [0.29, 0.717) is 35.0 Å². The zero-order valence-electron chi connectivity index (χ0n) is 15.6. The molecule has 3 aromatic rings. The Morgan fingerprint density at radius 1 is 1.29 bits per heavy atom. The molecule has 0 aliphatic carbocycles. The van der Waals surface area contributed by atoms with Gasteiger partial charge in [-0.25, -0.2) is 0 Å². The minimum Gasteiger partial charge on any atom is -0.495 e. The lowest BCUT2D eigenvalue weighted by molar-refractivity contribution is -0.118. The van der Waals surface area contributed by atoms with Gasteiger partial charge in [0.1, 0.15) is 11.8 Å². The van der Waals surface area contributed by atoms with Gasteiger partial charge in [-0.2, -0.15) is 0 Å². The number of halogens is 1. The maximum Gasteiger partial charge on any atom is 0.254 e. The number of hydrogen-bond acceptors (Lipinski definition) is 3. The lowest BCUT2D eigenvalue weighted by Crippen LogP contribution is -2.41. The number of carbonyl (C=O) groups is 2. The van der Waals surface area contributed by atoms with Crippen molar-refractivity contribution < 1.29 is 14.3 Å². The van der Waals surface area contributed by atoms with Gasteiger partial charge in [0.25, 0.3) is 5.91 Å². The van der Waals surface area contributed by atoms with Crippen LogP contribution in [0.1, 0.15) is 22.5 Å². The number of amides is 2. The summed E-state index contributed by atoms with van der Waals surface area (Å²) in [6.45, 7) is 2.35. The third-order valence-electron chi connectivity index (χ3n) is 5.06. The Morgan fingerprint density at radius 2 is 2.07 bits per heavy atom. The lowest BCUT2D eigenvalue weighted by Gasteiger charge is -2.19. The highest BCUT2D eigenvalue weighted by molar-refractivity contribution is 6.31. The highest BCUT2D eigenvalue weighted by Gasteiger charge is 2.35. The summed E-state index contributed by atoms with van der Waals surface area (Å²) >= 11 is 6.10. The van der Waals surface area contributed by atoms with Crippen molar-refractivity contribution in [3.05, 3.63) is 58.7 Å². The first-order valence-electron chi connectivity index (χ1n) is 9.02. The van der Waals surface area contributed by atoms with Gasteiger partial charge in [0, 0.05) is 28.2 Å². The average Bonchev–Trinajstić information content (AvgIpc) is 3.20. The molecular formula is C21H20ClN3O3. The van der Waals surface area contributed by atoms with E-state index in [9.17, 15) is 9.59 Å². The van der Waals surface area contributed by atoms with Crippen LogP contribution in [-0.2, 0) is 4.79 Å². The number of nitrogens with zero attached hydrogens (tertiary/aromatic N) is 1. The molecule has 0 radical (unpaired) electrons. The number of fused-ring (bicyclic) bond motifs is 1. The fraction of sp³-hybridized carbons (Fsp3) is 0.238. The van der Waals surface area contributed by atoms with Crippen LogP contribution in [0.15, 0.2) is 42.5 Å². The Kier molecular flexibility index (Phi) is 4.73. The van der Waals surface area contributed by atoms with Crippen molar-refractivity contribution in [2.45, 2.75) is 19.4 Å². The van der Waals surface area contributed by atoms with E-state index in [1.54, 1.807) is 24.1 Å². The van der Waals surface area contributed by atoms with Gasteiger partial charge in [-0.05, 0) is 43.7 Å². The molecule has 1 aromatic heterocycles. The van der Waals surface area contributed by atoms with Crippen LogP contribution in [-0.4, -0.2) is 36.5 Å². The van der Waals surface area contributed by atoms with Gasteiger partial charge in [-0.15, -0.1) is 0 Å². The molecule has 2 amide bonds. The summed E-state index contributed by atoms with van der Waals surface area (Å²) in [7, 11) is 1.57. The van der Waals surface area contributed by atoms with E-state index in [-0.39, 0.29) is 11.8 Å². The van der Waals surface area contributed by atoms with Gasteiger partial charge >= 0.3 is 0 Å². The number of aryl methyl sites for hydroxylation is 1. The van der Waals surface area contributed by atoms with Crippen LogP contribution in [0.25, 0.3) is 10.9 Å². The smallest absolute Gasteiger partial charge is 0.254 e. The Bertz CT molecular complexity index is 1080. The minimum absolute atomic E-state index is 0.145. The Labute approximate surface area is 167 Å². The maximum atomic E-state index is 13.0. The highest BCUT2D eigenvalue weighted by Crippen LogP contribution is 2.31. The van der Waals surface area contributed by atoms with E-state index >= 15 is 0 Å². The molecule has 1 aliphatic heterocycles. The molecule has 0 saturated carbocycles. The Morgan fingerprint density at radius 3 is 2.86 bits per heavy atom. The van der Waals surface area contributed by atoms with E-state index in [2.05, 4.69) is 10.3 Å². The van der Waals surface area contributed by atoms with Crippen molar-refractivity contribution in [2.24, 2.45) is 0 Å². The van der Waals surface area contributed by atoms with Crippen LogP contribution in [0.4, 0.5) is 5.69 Å². The molecule has 2 heterocycles. The molecule has 0 bridgehead atoms.